The fourth-order valence-corrected chi connectivity index (χ4v) is 4.10. The summed E-state index contributed by atoms with van der Waals surface area (Å²) >= 11 is 1.84. The maximum Gasteiger partial charge on any atom is 0.151 e. The Hall–Kier alpha value is -1.53. The lowest BCUT2D eigenvalue weighted by Crippen LogP contribution is -2.46. The van der Waals surface area contributed by atoms with Crippen molar-refractivity contribution in [2.24, 2.45) is 0 Å². The van der Waals surface area contributed by atoms with Crippen molar-refractivity contribution in [1.29, 1.82) is 0 Å². The Morgan fingerprint density at radius 1 is 1.38 bits per heavy atom. The quantitative estimate of drug-likeness (QED) is 0.850. The molecule has 0 N–H and O–H groups in total. The lowest BCUT2D eigenvalue weighted by atomic mass is 9.96. The van der Waals surface area contributed by atoms with Crippen LogP contribution in [0.3, 0.4) is 0 Å². The molecule has 0 unspecified atom stereocenters. The minimum Gasteiger partial charge on any atom is -0.354 e. The van der Waals surface area contributed by atoms with Gasteiger partial charge in [-0.15, -0.1) is 16.4 Å². The highest BCUT2D eigenvalue weighted by Crippen LogP contribution is 2.29. The molecule has 130 valence electrons. The van der Waals surface area contributed by atoms with Crippen molar-refractivity contribution >= 4 is 17.2 Å². The molecule has 0 radical (unpaired) electrons. The van der Waals surface area contributed by atoms with E-state index in [1.807, 2.05) is 29.7 Å². The van der Waals surface area contributed by atoms with E-state index in [9.17, 15) is 0 Å². The third kappa shape index (κ3) is 4.11. The Balaban J connectivity index is 1.62. The molecule has 1 aliphatic heterocycles. The molecule has 1 saturated heterocycles. The Morgan fingerprint density at radius 3 is 2.88 bits per heavy atom. The van der Waals surface area contributed by atoms with Gasteiger partial charge in [-0.05, 0) is 37.4 Å². The highest BCUT2D eigenvalue weighted by Gasteiger charge is 2.25. The number of thiazole rings is 1. The third-order valence-electron chi connectivity index (χ3n) is 4.58. The van der Waals surface area contributed by atoms with Crippen LogP contribution in [0.2, 0.25) is 0 Å². The number of likely N-dealkylation sites (N-methyl/N-ethyl adjacent to an activating group) is 1. The summed E-state index contributed by atoms with van der Waals surface area (Å²) in [5.74, 6) is 0.986. The van der Waals surface area contributed by atoms with Gasteiger partial charge in [0.25, 0.3) is 0 Å². The van der Waals surface area contributed by atoms with Crippen LogP contribution < -0.4 is 4.90 Å². The van der Waals surface area contributed by atoms with E-state index in [0.717, 1.165) is 25.5 Å². The first-order valence-corrected chi connectivity index (χ1v) is 9.43. The molecule has 0 aromatic carbocycles. The topological polar surface area (TPSA) is 45.2 Å². The molecule has 2 aromatic heterocycles. The minimum atomic E-state index is 0.183. The van der Waals surface area contributed by atoms with E-state index in [1.165, 1.54) is 22.7 Å². The number of piperidine rings is 1. The van der Waals surface area contributed by atoms with Crippen LogP contribution in [0.25, 0.3) is 0 Å². The number of anilines is 1. The van der Waals surface area contributed by atoms with Gasteiger partial charge in [0.1, 0.15) is 5.01 Å². The molecular weight excluding hydrogens is 318 g/mol. The van der Waals surface area contributed by atoms with Gasteiger partial charge in [0.05, 0.1) is 6.54 Å². The number of nitrogens with zero attached hydrogens (tertiary/aromatic N) is 5. The average molecular weight is 346 g/mol. The zero-order chi connectivity index (χ0) is 17.2. The Kier molecular flexibility index (Phi) is 5.15. The number of rotatable bonds is 4. The molecule has 1 aliphatic rings. The standard InChI is InChI=1S/C18H27N5S/c1-18(2,3)15-11-19-17(24-15)13-22(4)14-7-6-10-23(12-14)16-8-5-9-20-21-16/h5,8-9,11,14H,6-7,10,12-13H2,1-4H3/t14-/m0/s1. The van der Waals surface area contributed by atoms with Crippen LogP contribution in [0, 0.1) is 0 Å². The van der Waals surface area contributed by atoms with Crippen LogP contribution in [0.5, 0.6) is 0 Å². The number of hydrogen-bond acceptors (Lipinski definition) is 6. The van der Waals surface area contributed by atoms with Crippen molar-refractivity contribution in [2.45, 2.75) is 51.6 Å². The Morgan fingerprint density at radius 2 is 2.21 bits per heavy atom. The van der Waals surface area contributed by atoms with Crippen molar-refractivity contribution in [3.8, 4) is 0 Å². The first kappa shape index (κ1) is 17.3. The summed E-state index contributed by atoms with van der Waals surface area (Å²) in [5, 5.41) is 9.47. The van der Waals surface area contributed by atoms with E-state index >= 15 is 0 Å². The molecule has 0 spiro atoms. The highest BCUT2D eigenvalue weighted by atomic mass is 32.1. The van der Waals surface area contributed by atoms with Crippen LogP contribution >= 0.6 is 11.3 Å². The SMILES string of the molecule is CN(Cc1ncc(C(C)(C)C)s1)[C@H]1CCCN(c2cccnn2)C1. The lowest BCUT2D eigenvalue weighted by molar-refractivity contribution is 0.207. The molecule has 1 atom stereocenters. The fraction of sp³-hybridized carbons (Fsp3) is 0.611. The van der Waals surface area contributed by atoms with Gasteiger partial charge in [0.15, 0.2) is 5.82 Å². The molecule has 0 bridgehead atoms. The van der Waals surface area contributed by atoms with E-state index in [0.29, 0.717) is 6.04 Å². The van der Waals surface area contributed by atoms with Crippen molar-refractivity contribution in [1.82, 2.24) is 20.1 Å². The van der Waals surface area contributed by atoms with Gasteiger partial charge in [0.2, 0.25) is 0 Å². The van der Waals surface area contributed by atoms with Gasteiger partial charge < -0.3 is 4.90 Å². The second kappa shape index (κ2) is 7.15. The lowest BCUT2D eigenvalue weighted by Gasteiger charge is -2.37. The van der Waals surface area contributed by atoms with Gasteiger partial charge in [-0.3, -0.25) is 4.90 Å². The second-order valence-corrected chi connectivity index (χ2v) is 8.72. The molecule has 0 amide bonds. The van der Waals surface area contributed by atoms with E-state index in [4.69, 9.17) is 0 Å². The molecule has 3 rings (SSSR count). The third-order valence-corrected chi connectivity index (χ3v) is 5.99. The highest BCUT2D eigenvalue weighted by molar-refractivity contribution is 7.11. The predicted molar refractivity (Wildman–Crippen MR) is 99.5 cm³/mol. The van der Waals surface area contributed by atoms with Gasteiger partial charge in [-0.2, -0.15) is 5.10 Å². The molecule has 1 fully saturated rings. The van der Waals surface area contributed by atoms with Crippen LogP contribution in [-0.2, 0) is 12.0 Å². The molecule has 5 nitrogen and oxygen atoms in total. The van der Waals surface area contributed by atoms with Crippen molar-refractivity contribution < 1.29 is 0 Å². The average Bonchev–Trinajstić information content (AvgIpc) is 3.05. The van der Waals surface area contributed by atoms with Crippen LogP contribution in [0.15, 0.2) is 24.5 Å². The van der Waals surface area contributed by atoms with Gasteiger partial charge in [-0.1, -0.05) is 20.8 Å². The molecule has 3 heterocycles. The largest absolute Gasteiger partial charge is 0.354 e. The van der Waals surface area contributed by atoms with E-state index in [2.05, 4.69) is 52.8 Å². The maximum atomic E-state index is 4.64. The van der Waals surface area contributed by atoms with Gasteiger partial charge in [0, 0.05) is 36.4 Å². The van der Waals surface area contributed by atoms with Crippen molar-refractivity contribution in [2.75, 3.05) is 25.0 Å². The number of aromatic nitrogens is 3. The fourth-order valence-electron chi connectivity index (χ4n) is 3.06. The van der Waals surface area contributed by atoms with Gasteiger partial charge in [-0.25, -0.2) is 4.98 Å². The molecule has 24 heavy (non-hydrogen) atoms. The smallest absolute Gasteiger partial charge is 0.151 e. The Labute approximate surface area is 148 Å². The summed E-state index contributed by atoms with van der Waals surface area (Å²) in [7, 11) is 2.21. The first-order chi connectivity index (χ1) is 11.4. The molecule has 6 heteroatoms. The summed E-state index contributed by atoms with van der Waals surface area (Å²) in [6.45, 7) is 9.72. The number of hydrogen-bond donors (Lipinski definition) is 0. The second-order valence-electron chi connectivity index (χ2n) is 7.61. The van der Waals surface area contributed by atoms with E-state index in [1.54, 1.807) is 6.20 Å². The Bertz CT molecular complexity index is 649. The summed E-state index contributed by atoms with van der Waals surface area (Å²) < 4.78 is 0. The molecule has 2 aromatic rings. The van der Waals surface area contributed by atoms with E-state index < -0.39 is 0 Å². The zero-order valence-electron chi connectivity index (χ0n) is 15.1. The maximum absolute atomic E-state index is 4.64. The normalized spacial score (nSPS) is 19.0. The van der Waals surface area contributed by atoms with Crippen LogP contribution in [-0.4, -0.2) is 46.3 Å². The van der Waals surface area contributed by atoms with Gasteiger partial charge >= 0.3 is 0 Å². The molecular formula is C18H27N5S. The summed E-state index contributed by atoms with van der Waals surface area (Å²) in [4.78, 5) is 10.8. The summed E-state index contributed by atoms with van der Waals surface area (Å²) in [6.07, 6.45) is 6.19. The van der Waals surface area contributed by atoms with E-state index in [-0.39, 0.29) is 5.41 Å². The zero-order valence-corrected chi connectivity index (χ0v) is 15.9. The summed E-state index contributed by atoms with van der Waals surface area (Å²) in [6, 6.07) is 4.54. The first-order valence-electron chi connectivity index (χ1n) is 8.61. The predicted octanol–water partition coefficient (Wildman–Crippen LogP) is 3.33. The monoisotopic (exact) mass is 345 g/mol. The summed E-state index contributed by atoms with van der Waals surface area (Å²) in [5.41, 5.74) is 0.183. The molecule has 0 aliphatic carbocycles. The van der Waals surface area contributed by atoms with Crippen LogP contribution in [0.1, 0.15) is 43.5 Å². The van der Waals surface area contributed by atoms with Crippen molar-refractivity contribution in [3.05, 3.63) is 34.4 Å². The van der Waals surface area contributed by atoms with Crippen molar-refractivity contribution in [3.63, 3.8) is 0 Å². The van der Waals surface area contributed by atoms with Crippen LogP contribution in [0.4, 0.5) is 5.82 Å². The molecule has 0 saturated carbocycles. The minimum absolute atomic E-state index is 0.183.